The van der Waals surface area contributed by atoms with E-state index in [-0.39, 0.29) is 53.2 Å². The van der Waals surface area contributed by atoms with Gasteiger partial charge in [0.2, 0.25) is 5.69 Å². The number of amides is 5. The third-order valence-electron chi connectivity index (χ3n) is 26.6. The minimum absolute atomic E-state index is 0.0125. The Bertz CT molecular complexity index is 7720. The molecule has 5 aliphatic rings. The molecule has 5 fully saturated rings. The van der Waals surface area contributed by atoms with Crippen LogP contribution in [0.4, 0.5) is 40.3 Å². The zero-order valence-corrected chi connectivity index (χ0v) is 80.7. The van der Waals surface area contributed by atoms with E-state index < -0.39 is 28.3 Å². The van der Waals surface area contributed by atoms with Crippen LogP contribution in [0.5, 0.6) is 5.75 Å². The number of hydrogen-bond donors (Lipinski definition) is 2. The Morgan fingerprint density at radius 2 is 0.793 bits per heavy atom. The normalized spacial score (nSPS) is 15.7. The summed E-state index contributed by atoms with van der Waals surface area (Å²) in [5.74, 6) is 0.195. The number of imidazole rings is 3. The van der Waals surface area contributed by atoms with E-state index in [0.29, 0.717) is 229 Å². The number of carbonyl (C=O) groups is 6. The number of piperidine rings is 4. The second-order valence-electron chi connectivity index (χ2n) is 38.6. The van der Waals surface area contributed by atoms with Crippen LogP contribution in [-0.4, -0.2) is 237 Å². The number of rotatable bonds is 16. The summed E-state index contributed by atoms with van der Waals surface area (Å²) in [5, 5.41) is 25.4. The lowest BCUT2D eigenvalue weighted by molar-refractivity contribution is 0.0493. The number of nitrogens with zero attached hydrogens (tertiary/aromatic N) is 24. The summed E-state index contributed by atoms with van der Waals surface area (Å²) in [6.45, 7) is 45.0. The summed E-state index contributed by atoms with van der Waals surface area (Å²) in [5.41, 5.74) is 8.94. The summed E-state index contributed by atoms with van der Waals surface area (Å²) in [6, 6.07) is 44.1. The van der Waals surface area contributed by atoms with Gasteiger partial charge in [0.25, 0.3) is 29.5 Å². The predicted octanol–water partition coefficient (Wildman–Crippen LogP) is 19.7. The number of phenolic OH excluding ortho intramolecular Hbond substituents is 1. The molecule has 2 N–H and O–H groups in total. The third-order valence-corrected chi connectivity index (χ3v) is 26.6. The number of halogens is 4. The van der Waals surface area contributed by atoms with Crippen LogP contribution in [0.1, 0.15) is 180 Å². The van der Waals surface area contributed by atoms with Crippen LogP contribution in [0.2, 0.25) is 0 Å². The fourth-order valence-corrected chi connectivity index (χ4v) is 17.7. The van der Waals surface area contributed by atoms with E-state index in [0.717, 1.165) is 52.3 Å². The molecule has 5 amide bonds. The lowest BCUT2D eigenvalue weighted by Crippen LogP contribution is -2.48. The molecule has 17 heterocycles. The third kappa shape index (κ3) is 22.9. The van der Waals surface area contributed by atoms with E-state index in [4.69, 9.17) is 30.8 Å². The number of carbonyl (C=O) groups excluding carboxylic acids is 6. The molecule has 0 aliphatic carbocycles. The number of phenols is 1. The molecule has 16 aromatic rings. The maximum absolute atomic E-state index is 14.1. The number of aryl methyl sites for hydroxylation is 1. The number of fused-ring (bicyclic) bond motifs is 5. The number of aromatic nitrogens is 15. The summed E-state index contributed by atoms with van der Waals surface area (Å²) >= 11 is 0. The maximum Gasteiger partial charge on any atom is 0.255 e. The van der Waals surface area contributed by atoms with Gasteiger partial charge in [0.15, 0.2) is 39.8 Å². The number of Topliss-reactive ketones (excluding diaryl/α,β-unsaturated/α-hetero) is 1. The zero-order chi connectivity index (χ0) is 102. The Morgan fingerprint density at radius 1 is 0.414 bits per heavy atom. The summed E-state index contributed by atoms with van der Waals surface area (Å²) in [7, 11) is 0. The standard InChI is InChI=1S/C26H29FN4O2.C24H22FN5O3.C20H18FN5O2.C20H18FN5O.C18H15N5O/c1-25(2,33)10-9-22-16-18-15-19(24(32)30-13-11-26(3,27)12-14-30)17-29-23(18)31(22)21-7-5-20(28-4)6-8-21;1-24(25)6-10-29(11-7-24)23(32)17-12-16-5-9-30(22(16)27-14-17)18-2-3-20(26-15-18)21(31)13-19-4-8-28-33-19;1-20(21)5-7-25(8-6-20)19(28)13-9-16-18(23-11-13)26(12-24-16)14-3-4-15(22-2)17(27)10-14;1-20(21)7-9-25(10-8-20)19(27)14-11-17-18(23-12-14)26(13-24-17)16-5-3-15(22-2)4-6-16;1-12-9-22(10-12)18(24)13-7-16-17(20-8-13)23(11-21-16)15-5-3-14(19-2)4-6-15/h5-8,15-17,33H,9-14H2,1-3H3;2-5,8-9,12,14-15H,6-7,10-11,13H2,1H3;3-4,9-12,27H,5-8H2,1H3;3-6,11-13H,7-10H2,1H3;3-8,11-12H,9-10H2,1H3. The number of aliphatic hydroxyl groups is 1. The van der Waals surface area contributed by atoms with Crippen molar-refractivity contribution in [2.45, 2.75) is 147 Å². The molecule has 145 heavy (non-hydrogen) atoms. The fourth-order valence-electron chi connectivity index (χ4n) is 17.7. The molecule has 0 saturated carbocycles. The molecule has 0 atom stereocenters. The van der Waals surface area contributed by atoms with Gasteiger partial charge in [-0.3, -0.25) is 56.6 Å². The van der Waals surface area contributed by atoms with Crippen molar-refractivity contribution in [3.05, 3.63) is 311 Å². The molecule has 0 bridgehead atoms. The van der Waals surface area contributed by atoms with Crippen LogP contribution < -0.4 is 0 Å². The van der Waals surface area contributed by atoms with Gasteiger partial charge in [-0.1, -0.05) is 54.5 Å². The van der Waals surface area contributed by atoms with Crippen molar-refractivity contribution < 1.29 is 61.1 Å². The van der Waals surface area contributed by atoms with Crippen LogP contribution in [0, 0.1) is 32.2 Å². The van der Waals surface area contributed by atoms with Gasteiger partial charge in [0, 0.05) is 148 Å². The molecule has 12 aromatic heterocycles. The quantitative estimate of drug-likeness (QED) is 0.0515. The molecule has 0 radical (unpaired) electrons. The van der Waals surface area contributed by atoms with Gasteiger partial charge in [-0.25, -0.2) is 76.8 Å². The number of alkyl halides is 4. The molecule has 21 rings (SSSR count). The lowest BCUT2D eigenvalue weighted by atomic mass is 9.95. The molecule has 736 valence electrons. The molecule has 33 nitrogen and oxygen atoms in total. The predicted molar refractivity (Wildman–Crippen MR) is 536 cm³/mol. The highest BCUT2D eigenvalue weighted by atomic mass is 19.2. The van der Waals surface area contributed by atoms with Crippen molar-refractivity contribution in [3.63, 3.8) is 0 Å². The van der Waals surface area contributed by atoms with Gasteiger partial charge in [0.1, 0.15) is 86.7 Å². The van der Waals surface area contributed by atoms with Gasteiger partial charge in [-0.05, 0) is 215 Å². The van der Waals surface area contributed by atoms with Crippen LogP contribution >= 0.6 is 0 Å². The molecule has 5 aliphatic heterocycles. The molecular weight excluding hydrogens is 1850 g/mol. The first-order chi connectivity index (χ1) is 69.4. The van der Waals surface area contributed by atoms with E-state index in [1.807, 2.05) is 84.0 Å². The Hall–Kier alpha value is -17.1. The van der Waals surface area contributed by atoms with Gasteiger partial charge in [0.05, 0.1) is 84.2 Å². The van der Waals surface area contributed by atoms with Crippen LogP contribution in [-0.2, 0) is 12.8 Å². The molecule has 37 heteroatoms. The van der Waals surface area contributed by atoms with Crippen molar-refractivity contribution in [2.75, 3.05) is 65.4 Å². The minimum atomic E-state index is -1.22. The van der Waals surface area contributed by atoms with Crippen molar-refractivity contribution in [1.29, 1.82) is 0 Å². The van der Waals surface area contributed by atoms with Crippen molar-refractivity contribution in [2.24, 2.45) is 5.92 Å². The zero-order valence-electron chi connectivity index (χ0n) is 80.7. The second-order valence-corrected chi connectivity index (χ2v) is 38.6. The highest BCUT2D eigenvalue weighted by molar-refractivity contribution is 6.01. The number of pyridine rings is 6. The number of benzene rings is 4. The summed E-state index contributed by atoms with van der Waals surface area (Å²) in [4.78, 5) is 138. The first kappa shape index (κ1) is 99.5. The van der Waals surface area contributed by atoms with Crippen LogP contribution in [0.3, 0.4) is 0 Å². The first-order valence-electron chi connectivity index (χ1n) is 47.4. The Balaban J connectivity index is 0.000000125. The van der Waals surface area contributed by atoms with Crippen molar-refractivity contribution in [1.82, 2.24) is 97.3 Å². The Labute approximate surface area is 831 Å². The highest BCUT2D eigenvalue weighted by Crippen LogP contribution is 2.37. The summed E-state index contributed by atoms with van der Waals surface area (Å²) < 4.78 is 70.3. The Morgan fingerprint density at radius 3 is 1.17 bits per heavy atom. The SMILES string of the molecule is CC1(F)CCN(C(=O)c2cnc3c(ccn3-c3ccc(C(=O)Cc4ccno4)nc3)c2)CC1.[C-]#[N+]c1ccc(-n2c(CCC(C)(C)O)cc3cc(C(=O)N4CCC(C)(F)CC4)cnc32)cc1.[C-]#[N+]c1ccc(-n2cnc3cc(C(=O)N4CC(C)C4)cnc32)cc1.[C-]#[N+]c1ccc(-n2cnc3cc(C(=O)N4CCC(C)(F)CC4)cnc32)cc1.[C-]#[N+]c1ccc(-n2cnc3cc(C(=O)N4CCC(C)(F)CC4)cnc32)cc1O. The van der Waals surface area contributed by atoms with E-state index in [1.165, 1.54) is 24.5 Å². The lowest BCUT2D eigenvalue weighted by Gasteiger charge is -2.37. The number of aromatic hydroxyl groups is 1. The average molecular weight is 1960 g/mol. The minimum Gasteiger partial charge on any atom is -0.519 e. The van der Waals surface area contributed by atoms with E-state index in [2.05, 4.69) is 76.3 Å². The molecular formula is C108H102F4N24O9. The van der Waals surface area contributed by atoms with Crippen LogP contribution in [0.15, 0.2) is 225 Å². The fraction of sp³-hybridized carbons (Fsp3) is 0.315. The van der Waals surface area contributed by atoms with Crippen molar-refractivity contribution in [3.8, 4) is 34.2 Å². The number of likely N-dealkylation sites (tertiary alicyclic amines) is 5. The topological polar surface area (TPSA) is 343 Å². The van der Waals surface area contributed by atoms with E-state index in [9.17, 15) is 56.5 Å². The number of ketones is 1. The van der Waals surface area contributed by atoms with Gasteiger partial charge in [-0.15, -0.1) is 0 Å². The number of hydrogen-bond acceptors (Lipinski definition) is 19. The van der Waals surface area contributed by atoms with Gasteiger partial charge in [-0.2, -0.15) is 0 Å². The smallest absolute Gasteiger partial charge is 0.255 e. The largest absolute Gasteiger partial charge is 0.519 e. The van der Waals surface area contributed by atoms with Gasteiger partial charge < -0.3 is 39.2 Å². The molecule has 5 saturated heterocycles. The summed E-state index contributed by atoms with van der Waals surface area (Å²) in [6.07, 6.45) is 21.6. The molecule has 0 spiro atoms. The van der Waals surface area contributed by atoms with E-state index in [1.54, 1.807) is 201 Å². The molecule has 4 aromatic carbocycles. The Kier molecular flexibility index (Phi) is 28.6. The van der Waals surface area contributed by atoms with E-state index >= 15 is 0 Å². The maximum atomic E-state index is 14.1. The van der Waals surface area contributed by atoms with Crippen molar-refractivity contribution >= 4 is 114 Å². The first-order valence-corrected chi connectivity index (χ1v) is 47.4. The average Bonchev–Trinajstić information content (AvgIpc) is 1.62. The monoisotopic (exact) mass is 1950 g/mol. The second kappa shape index (κ2) is 41.6. The highest BCUT2D eigenvalue weighted by Gasteiger charge is 2.38. The van der Waals surface area contributed by atoms with Crippen LogP contribution in [0.25, 0.3) is 103 Å². The molecule has 0 unspecified atom stereocenters. The van der Waals surface area contributed by atoms with Gasteiger partial charge >= 0.3 is 0 Å².